The Morgan fingerprint density at radius 2 is 1.85 bits per heavy atom. The summed E-state index contributed by atoms with van der Waals surface area (Å²) in [6, 6.07) is 15.2. The van der Waals surface area contributed by atoms with Gasteiger partial charge >= 0.3 is 5.97 Å². The Morgan fingerprint density at radius 3 is 2.59 bits per heavy atom. The van der Waals surface area contributed by atoms with Crippen molar-refractivity contribution < 1.29 is 14.3 Å². The minimum atomic E-state index is -0.499. The third-order valence-corrected chi connectivity index (χ3v) is 5.06. The van der Waals surface area contributed by atoms with Gasteiger partial charge in [0, 0.05) is 16.5 Å². The maximum absolute atomic E-state index is 12.1. The third-order valence-electron chi connectivity index (χ3n) is 4.12. The lowest BCUT2D eigenvalue weighted by Gasteiger charge is -2.07. The molecule has 1 aromatic heterocycles. The number of hydrogen-bond donors (Lipinski definition) is 1. The molecule has 0 aliphatic heterocycles. The molecule has 6 heteroatoms. The van der Waals surface area contributed by atoms with Gasteiger partial charge in [0.15, 0.2) is 0 Å². The van der Waals surface area contributed by atoms with Gasteiger partial charge in [0.2, 0.25) is 0 Å². The molecule has 0 spiro atoms. The summed E-state index contributed by atoms with van der Waals surface area (Å²) in [6.45, 7) is 3.83. The van der Waals surface area contributed by atoms with E-state index in [-0.39, 0.29) is 19.1 Å². The molecule has 0 unspecified atom stereocenters. The molecule has 0 saturated heterocycles. The number of esters is 1. The van der Waals surface area contributed by atoms with Crippen molar-refractivity contribution in [2.45, 2.75) is 20.5 Å². The number of rotatable bonds is 6. The first-order chi connectivity index (χ1) is 13.0. The largest absolute Gasteiger partial charge is 0.458 e. The molecule has 0 aliphatic rings. The minimum Gasteiger partial charge on any atom is -0.458 e. The quantitative estimate of drug-likeness (QED) is 0.659. The Morgan fingerprint density at radius 1 is 1.07 bits per heavy atom. The van der Waals surface area contributed by atoms with Crippen LogP contribution in [-0.2, 0) is 16.1 Å². The smallest absolute Gasteiger partial charge is 0.325 e. The molecule has 138 valence electrons. The highest BCUT2D eigenvalue weighted by Crippen LogP contribution is 2.23. The van der Waals surface area contributed by atoms with Crippen LogP contribution in [0.25, 0.3) is 10.6 Å². The van der Waals surface area contributed by atoms with E-state index in [0.29, 0.717) is 11.3 Å². The van der Waals surface area contributed by atoms with Gasteiger partial charge in [-0.3, -0.25) is 9.59 Å². The van der Waals surface area contributed by atoms with Crippen molar-refractivity contribution in [3.8, 4) is 10.6 Å². The molecule has 0 fully saturated rings. The number of nitrogens with one attached hydrogen (secondary N) is 1. The number of carbonyl (C=O) groups is 2. The second-order valence-electron chi connectivity index (χ2n) is 6.15. The summed E-state index contributed by atoms with van der Waals surface area (Å²) in [6.07, 6.45) is 0. The molecule has 1 amide bonds. The van der Waals surface area contributed by atoms with Crippen LogP contribution in [0.5, 0.6) is 0 Å². The van der Waals surface area contributed by atoms with Crippen LogP contribution in [0.1, 0.15) is 27.2 Å². The van der Waals surface area contributed by atoms with Crippen molar-refractivity contribution in [1.82, 2.24) is 10.3 Å². The van der Waals surface area contributed by atoms with E-state index >= 15 is 0 Å². The fraction of sp³-hybridized carbons (Fsp3) is 0.190. The zero-order valence-electron chi connectivity index (χ0n) is 15.2. The van der Waals surface area contributed by atoms with E-state index in [2.05, 4.69) is 10.3 Å². The maximum Gasteiger partial charge on any atom is 0.325 e. The highest BCUT2D eigenvalue weighted by molar-refractivity contribution is 7.13. The minimum absolute atomic E-state index is 0.0850. The SMILES string of the molecule is Cc1ccc(C(=O)NCC(=O)OCc2csc(-c3ccccc3)n2)cc1C. The van der Waals surface area contributed by atoms with Crippen LogP contribution < -0.4 is 5.32 Å². The van der Waals surface area contributed by atoms with E-state index in [1.807, 2.05) is 55.6 Å². The predicted octanol–water partition coefficient (Wildman–Crippen LogP) is 3.90. The first-order valence-corrected chi connectivity index (χ1v) is 9.42. The van der Waals surface area contributed by atoms with E-state index < -0.39 is 5.97 Å². The number of aromatic nitrogens is 1. The lowest BCUT2D eigenvalue weighted by molar-refractivity contribution is -0.143. The van der Waals surface area contributed by atoms with Crippen LogP contribution in [0.15, 0.2) is 53.9 Å². The highest BCUT2D eigenvalue weighted by Gasteiger charge is 2.11. The molecule has 1 heterocycles. The van der Waals surface area contributed by atoms with Gasteiger partial charge in [-0.2, -0.15) is 0 Å². The Bertz CT molecular complexity index is 951. The number of benzene rings is 2. The van der Waals surface area contributed by atoms with E-state index in [1.54, 1.807) is 12.1 Å². The average Bonchev–Trinajstić information content (AvgIpc) is 3.16. The van der Waals surface area contributed by atoms with Crippen molar-refractivity contribution in [1.29, 1.82) is 0 Å². The maximum atomic E-state index is 12.1. The van der Waals surface area contributed by atoms with Crippen LogP contribution in [0.2, 0.25) is 0 Å². The second kappa shape index (κ2) is 8.60. The van der Waals surface area contributed by atoms with Gasteiger partial charge in [-0.15, -0.1) is 11.3 Å². The average molecular weight is 380 g/mol. The number of amides is 1. The summed E-state index contributed by atoms with van der Waals surface area (Å²) in [4.78, 5) is 28.5. The molecule has 5 nitrogen and oxygen atoms in total. The topological polar surface area (TPSA) is 68.3 Å². The van der Waals surface area contributed by atoms with Crippen LogP contribution in [0, 0.1) is 13.8 Å². The Kier molecular flexibility index (Phi) is 5.98. The molecule has 1 N–H and O–H groups in total. The molecule has 2 aromatic carbocycles. The molecule has 0 radical (unpaired) electrons. The zero-order valence-corrected chi connectivity index (χ0v) is 16.0. The number of carbonyl (C=O) groups excluding carboxylic acids is 2. The van der Waals surface area contributed by atoms with Gasteiger partial charge in [0.05, 0.1) is 5.69 Å². The third kappa shape index (κ3) is 5.01. The first-order valence-electron chi connectivity index (χ1n) is 8.54. The number of nitrogens with zero attached hydrogens (tertiary/aromatic N) is 1. The Labute approximate surface area is 162 Å². The van der Waals surface area contributed by atoms with Gasteiger partial charge in [0.1, 0.15) is 18.2 Å². The summed E-state index contributed by atoms with van der Waals surface area (Å²) in [7, 11) is 0. The Hall–Kier alpha value is -2.99. The fourth-order valence-corrected chi connectivity index (χ4v) is 3.24. The normalized spacial score (nSPS) is 10.4. The van der Waals surface area contributed by atoms with Crippen LogP contribution >= 0.6 is 11.3 Å². The summed E-state index contributed by atoms with van der Waals surface area (Å²) >= 11 is 1.50. The zero-order chi connectivity index (χ0) is 19.2. The standard InChI is InChI=1S/C21H20N2O3S/c1-14-8-9-17(10-15(14)2)20(25)22-11-19(24)26-12-18-13-27-21(23-18)16-6-4-3-5-7-16/h3-10,13H,11-12H2,1-2H3,(H,22,25). The van der Waals surface area contributed by atoms with Crippen LogP contribution in [0.3, 0.4) is 0 Å². The summed E-state index contributed by atoms with van der Waals surface area (Å²) in [5.74, 6) is -0.795. The summed E-state index contributed by atoms with van der Waals surface area (Å²) in [5.41, 5.74) is 4.39. The Balaban J connectivity index is 1.48. The molecule has 0 bridgehead atoms. The number of ether oxygens (including phenoxy) is 1. The fourth-order valence-electron chi connectivity index (χ4n) is 2.43. The first kappa shape index (κ1) is 18.8. The highest BCUT2D eigenvalue weighted by atomic mass is 32.1. The number of aryl methyl sites for hydroxylation is 2. The summed E-state index contributed by atoms with van der Waals surface area (Å²) in [5, 5.41) is 5.33. The lowest BCUT2D eigenvalue weighted by Crippen LogP contribution is -2.30. The molecule has 0 aliphatic carbocycles. The van der Waals surface area contributed by atoms with Crippen molar-refractivity contribution in [3.63, 3.8) is 0 Å². The molecule has 0 saturated carbocycles. The van der Waals surface area contributed by atoms with Crippen LogP contribution in [-0.4, -0.2) is 23.4 Å². The van der Waals surface area contributed by atoms with Crippen molar-refractivity contribution in [2.24, 2.45) is 0 Å². The van der Waals surface area contributed by atoms with E-state index in [4.69, 9.17) is 4.74 Å². The van der Waals surface area contributed by atoms with Gasteiger partial charge in [-0.25, -0.2) is 4.98 Å². The predicted molar refractivity (Wildman–Crippen MR) is 106 cm³/mol. The number of thiazole rings is 1. The molecule has 3 aromatic rings. The van der Waals surface area contributed by atoms with Gasteiger partial charge < -0.3 is 10.1 Å². The van der Waals surface area contributed by atoms with E-state index in [9.17, 15) is 9.59 Å². The molecule has 0 atom stereocenters. The van der Waals surface area contributed by atoms with Crippen LogP contribution in [0.4, 0.5) is 0 Å². The lowest BCUT2D eigenvalue weighted by atomic mass is 10.1. The van der Waals surface area contributed by atoms with Gasteiger partial charge in [0.25, 0.3) is 5.91 Å². The van der Waals surface area contributed by atoms with Crippen molar-refractivity contribution in [3.05, 3.63) is 76.3 Å². The number of hydrogen-bond acceptors (Lipinski definition) is 5. The van der Waals surface area contributed by atoms with E-state index in [1.165, 1.54) is 11.3 Å². The molecular weight excluding hydrogens is 360 g/mol. The van der Waals surface area contributed by atoms with Crippen molar-refractivity contribution >= 4 is 23.2 Å². The van der Waals surface area contributed by atoms with E-state index in [0.717, 1.165) is 21.7 Å². The monoisotopic (exact) mass is 380 g/mol. The summed E-state index contributed by atoms with van der Waals surface area (Å²) < 4.78 is 5.20. The van der Waals surface area contributed by atoms with Gasteiger partial charge in [-0.05, 0) is 37.1 Å². The molecule has 3 rings (SSSR count). The van der Waals surface area contributed by atoms with Crippen molar-refractivity contribution in [2.75, 3.05) is 6.54 Å². The molecule has 27 heavy (non-hydrogen) atoms. The van der Waals surface area contributed by atoms with Gasteiger partial charge in [-0.1, -0.05) is 36.4 Å². The molecular formula is C21H20N2O3S. The second-order valence-corrected chi connectivity index (χ2v) is 7.01.